The quantitative estimate of drug-likeness (QED) is 0.943. The Hall–Kier alpha value is -1.65. The first-order valence-corrected chi connectivity index (χ1v) is 7.60. The molecule has 2 aromatic rings. The number of benzene rings is 1. The summed E-state index contributed by atoms with van der Waals surface area (Å²) in [6.07, 6.45) is 4.34. The van der Waals surface area contributed by atoms with Crippen LogP contribution in [0.3, 0.4) is 0 Å². The monoisotopic (exact) mass is 286 g/mol. The fourth-order valence-corrected chi connectivity index (χ4v) is 3.42. The number of hydrogen-bond acceptors (Lipinski definition) is 3. The lowest BCUT2D eigenvalue weighted by Gasteiger charge is -2.30. The van der Waals surface area contributed by atoms with E-state index in [1.54, 1.807) is 7.11 Å². The number of nitrogens with two attached hydrogens (primary N) is 1. The van der Waals surface area contributed by atoms with Crippen molar-refractivity contribution >= 4 is 10.9 Å². The molecule has 1 heterocycles. The third-order valence-corrected chi connectivity index (χ3v) is 4.54. The molecule has 4 nitrogen and oxygen atoms in total. The van der Waals surface area contributed by atoms with Gasteiger partial charge in [0, 0.05) is 25.3 Å². The fourth-order valence-electron chi connectivity index (χ4n) is 3.42. The van der Waals surface area contributed by atoms with Crippen molar-refractivity contribution in [2.45, 2.75) is 44.4 Å². The van der Waals surface area contributed by atoms with Gasteiger partial charge in [-0.2, -0.15) is 0 Å². The Kier molecular flexibility index (Phi) is 4.08. The summed E-state index contributed by atoms with van der Waals surface area (Å²) in [6.45, 7) is 0.282. The molecule has 1 aliphatic carbocycles. The number of ether oxygens (including phenoxy) is 1. The highest BCUT2D eigenvalue weighted by Gasteiger charge is 2.25. The van der Waals surface area contributed by atoms with E-state index in [0.717, 1.165) is 36.6 Å². The normalized spacial score (nSPS) is 22.6. The lowest BCUT2D eigenvalue weighted by molar-refractivity contribution is 0.0532. The van der Waals surface area contributed by atoms with Gasteiger partial charge >= 0.3 is 0 Å². The van der Waals surface area contributed by atoms with Crippen LogP contribution in [0.5, 0.6) is 0 Å². The Morgan fingerprint density at radius 1 is 1.33 bits per heavy atom. The molecule has 0 aliphatic heterocycles. The van der Waals surface area contributed by atoms with Gasteiger partial charge < -0.3 is 15.0 Å². The van der Waals surface area contributed by atoms with Crippen LogP contribution in [0.4, 0.5) is 0 Å². The second-order valence-corrected chi connectivity index (χ2v) is 5.79. The molecule has 3 rings (SSSR count). The number of aromatic nitrogens is 1. The van der Waals surface area contributed by atoms with Crippen LogP contribution in [0.2, 0.25) is 0 Å². The van der Waals surface area contributed by atoms with E-state index >= 15 is 0 Å². The van der Waals surface area contributed by atoms with E-state index in [1.165, 1.54) is 0 Å². The molecule has 0 bridgehead atoms. The summed E-state index contributed by atoms with van der Waals surface area (Å²) in [5, 5.41) is 1.08. The van der Waals surface area contributed by atoms with E-state index < -0.39 is 0 Å². The molecule has 1 saturated carbocycles. The van der Waals surface area contributed by atoms with Gasteiger partial charge in [0.05, 0.1) is 11.6 Å². The van der Waals surface area contributed by atoms with E-state index in [2.05, 4.69) is 0 Å². The summed E-state index contributed by atoms with van der Waals surface area (Å²) >= 11 is 0. The van der Waals surface area contributed by atoms with Gasteiger partial charge in [-0.3, -0.25) is 4.79 Å². The molecular weight excluding hydrogens is 264 g/mol. The number of hydrogen-bond donors (Lipinski definition) is 1. The van der Waals surface area contributed by atoms with Crippen molar-refractivity contribution in [3.8, 4) is 0 Å². The van der Waals surface area contributed by atoms with Crippen LogP contribution >= 0.6 is 0 Å². The van der Waals surface area contributed by atoms with E-state index in [4.69, 9.17) is 10.5 Å². The molecule has 2 unspecified atom stereocenters. The summed E-state index contributed by atoms with van der Waals surface area (Å²) in [4.78, 5) is 12.8. The van der Waals surface area contributed by atoms with Gasteiger partial charge in [0.25, 0.3) is 5.56 Å². The number of nitrogens with zero attached hydrogens (tertiary/aromatic N) is 1. The molecule has 0 saturated heterocycles. The summed E-state index contributed by atoms with van der Waals surface area (Å²) in [5.74, 6) is 0. The van der Waals surface area contributed by atoms with Gasteiger partial charge in [0.1, 0.15) is 0 Å². The average Bonchev–Trinajstić information content (AvgIpc) is 2.54. The highest BCUT2D eigenvalue weighted by Crippen LogP contribution is 2.31. The second-order valence-electron chi connectivity index (χ2n) is 5.79. The minimum absolute atomic E-state index is 0.0537. The van der Waals surface area contributed by atoms with Crippen molar-refractivity contribution in [2.24, 2.45) is 5.73 Å². The highest BCUT2D eigenvalue weighted by molar-refractivity contribution is 5.79. The van der Waals surface area contributed by atoms with Crippen LogP contribution in [0.1, 0.15) is 37.3 Å². The molecule has 1 aromatic carbocycles. The number of fused-ring (bicyclic) bond motifs is 1. The lowest BCUT2D eigenvalue weighted by Crippen LogP contribution is -2.33. The van der Waals surface area contributed by atoms with Crippen molar-refractivity contribution in [2.75, 3.05) is 7.11 Å². The Bertz CT molecular complexity index is 693. The standard InChI is InChI=1S/C17H22N2O2/c1-21-15-7-4-6-14(10-15)19-16-8-3-2-5-12(16)9-13(11-18)17(19)20/h2-3,5,8-9,14-15H,4,6-7,10-11,18H2,1H3. The zero-order chi connectivity index (χ0) is 14.8. The van der Waals surface area contributed by atoms with Crippen molar-refractivity contribution in [1.29, 1.82) is 0 Å². The topological polar surface area (TPSA) is 57.2 Å². The predicted molar refractivity (Wildman–Crippen MR) is 84.4 cm³/mol. The third-order valence-electron chi connectivity index (χ3n) is 4.54. The van der Waals surface area contributed by atoms with E-state index in [9.17, 15) is 4.79 Å². The maximum Gasteiger partial charge on any atom is 0.255 e. The van der Waals surface area contributed by atoms with E-state index in [0.29, 0.717) is 5.56 Å². The Morgan fingerprint density at radius 2 is 2.14 bits per heavy atom. The molecular formula is C17H22N2O2. The maximum atomic E-state index is 12.8. The lowest BCUT2D eigenvalue weighted by atomic mass is 9.92. The zero-order valence-electron chi connectivity index (χ0n) is 12.4. The van der Waals surface area contributed by atoms with Crippen molar-refractivity contribution in [3.05, 3.63) is 46.2 Å². The summed E-state index contributed by atoms with van der Waals surface area (Å²) in [7, 11) is 1.75. The SMILES string of the molecule is COC1CCCC(n2c(=O)c(CN)cc3ccccc32)C1. The van der Waals surface area contributed by atoms with Crippen LogP contribution in [-0.2, 0) is 11.3 Å². The van der Waals surface area contributed by atoms with Gasteiger partial charge in [0.15, 0.2) is 0 Å². The van der Waals surface area contributed by atoms with Crippen LogP contribution in [-0.4, -0.2) is 17.8 Å². The molecule has 21 heavy (non-hydrogen) atoms. The third kappa shape index (κ3) is 2.61. The number of rotatable bonds is 3. The van der Waals surface area contributed by atoms with Gasteiger partial charge in [0.2, 0.25) is 0 Å². The van der Waals surface area contributed by atoms with Crippen LogP contribution in [0.15, 0.2) is 35.1 Å². The first kappa shape index (κ1) is 14.3. The molecule has 112 valence electrons. The number of methoxy groups -OCH3 is 1. The molecule has 0 spiro atoms. The van der Waals surface area contributed by atoms with Crippen LogP contribution in [0, 0.1) is 0 Å². The molecule has 1 fully saturated rings. The van der Waals surface area contributed by atoms with E-state index in [-0.39, 0.29) is 24.2 Å². The molecule has 1 aromatic heterocycles. The van der Waals surface area contributed by atoms with Crippen LogP contribution in [0.25, 0.3) is 10.9 Å². The molecule has 4 heteroatoms. The van der Waals surface area contributed by atoms with Crippen LogP contribution < -0.4 is 11.3 Å². The maximum absolute atomic E-state index is 12.8. The zero-order valence-corrected chi connectivity index (χ0v) is 12.4. The Morgan fingerprint density at radius 3 is 2.90 bits per heavy atom. The second kappa shape index (κ2) is 6.00. The van der Waals surface area contributed by atoms with Crippen molar-refractivity contribution in [1.82, 2.24) is 4.57 Å². The highest BCUT2D eigenvalue weighted by atomic mass is 16.5. The van der Waals surface area contributed by atoms with E-state index in [1.807, 2.05) is 34.9 Å². The summed E-state index contributed by atoms with van der Waals surface area (Å²) in [6, 6.07) is 10.2. The first-order chi connectivity index (χ1) is 10.2. The molecule has 2 atom stereocenters. The average molecular weight is 286 g/mol. The molecule has 0 radical (unpaired) electrons. The van der Waals surface area contributed by atoms with Gasteiger partial charge in [-0.1, -0.05) is 18.2 Å². The summed E-state index contributed by atoms with van der Waals surface area (Å²) in [5.41, 5.74) is 7.50. The minimum atomic E-state index is 0.0537. The first-order valence-electron chi connectivity index (χ1n) is 7.60. The van der Waals surface area contributed by atoms with Gasteiger partial charge in [-0.15, -0.1) is 0 Å². The van der Waals surface area contributed by atoms with Crippen molar-refractivity contribution in [3.63, 3.8) is 0 Å². The fraction of sp³-hybridized carbons (Fsp3) is 0.471. The summed E-state index contributed by atoms with van der Waals surface area (Å²) < 4.78 is 7.46. The smallest absolute Gasteiger partial charge is 0.255 e. The molecule has 1 aliphatic rings. The van der Waals surface area contributed by atoms with Gasteiger partial charge in [-0.25, -0.2) is 0 Å². The van der Waals surface area contributed by atoms with Gasteiger partial charge in [-0.05, 0) is 43.2 Å². The predicted octanol–water partition coefficient (Wildman–Crippen LogP) is 2.59. The number of para-hydroxylation sites is 1. The minimum Gasteiger partial charge on any atom is -0.381 e. The Labute approximate surface area is 124 Å². The molecule has 0 amide bonds. The van der Waals surface area contributed by atoms with Crippen molar-refractivity contribution < 1.29 is 4.74 Å². The number of pyridine rings is 1. The Balaban J connectivity index is 2.15. The molecule has 2 N–H and O–H groups in total. The largest absolute Gasteiger partial charge is 0.381 e.